The molecule has 0 aliphatic carbocycles. The highest BCUT2D eigenvalue weighted by Crippen LogP contribution is 2.24. The maximum Gasteiger partial charge on any atom is 0.228 e. The second kappa shape index (κ2) is 5.52. The van der Waals surface area contributed by atoms with Crippen LogP contribution in [0.2, 0.25) is 5.02 Å². The third kappa shape index (κ3) is 2.99. The molecule has 1 heterocycles. The topological polar surface area (TPSA) is 32.3 Å². The summed E-state index contributed by atoms with van der Waals surface area (Å²) < 4.78 is 0. The van der Waals surface area contributed by atoms with Gasteiger partial charge in [0.1, 0.15) is 0 Å². The van der Waals surface area contributed by atoms with Crippen LogP contribution in [0.15, 0.2) is 18.2 Å². The maximum atomic E-state index is 12.0. The number of amides is 1. The van der Waals surface area contributed by atoms with Crippen molar-refractivity contribution in [2.75, 3.05) is 24.5 Å². The molecule has 92 valence electrons. The first-order valence-corrected chi connectivity index (χ1v) is 6.33. The number of anilines is 1. The number of rotatable bonds is 1. The second-order valence-electron chi connectivity index (χ2n) is 4.33. The van der Waals surface area contributed by atoms with Gasteiger partial charge in [-0.1, -0.05) is 17.7 Å². The number of hydrogen-bond donors (Lipinski definition) is 1. The fraction of sp³-hybridized carbons (Fsp3) is 0.462. The van der Waals surface area contributed by atoms with Gasteiger partial charge in [0.05, 0.1) is 0 Å². The lowest BCUT2D eigenvalue weighted by atomic mass is 10.2. The first kappa shape index (κ1) is 12.4. The van der Waals surface area contributed by atoms with Crippen LogP contribution in [0, 0.1) is 6.92 Å². The number of aryl methyl sites for hydroxylation is 1. The smallest absolute Gasteiger partial charge is 0.228 e. The van der Waals surface area contributed by atoms with Crippen LogP contribution in [0.5, 0.6) is 0 Å². The van der Waals surface area contributed by atoms with Crippen LogP contribution >= 0.6 is 11.6 Å². The van der Waals surface area contributed by atoms with Gasteiger partial charge in [-0.3, -0.25) is 4.79 Å². The molecule has 4 heteroatoms. The number of benzene rings is 1. The van der Waals surface area contributed by atoms with Gasteiger partial charge in [0, 0.05) is 30.2 Å². The van der Waals surface area contributed by atoms with E-state index >= 15 is 0 Å². The Hall–Kier alpha value is -1.06. The fourth-order valence-corrected chi connectivity index (χ4v) is 2.14. The average molecular weight is 253 g/mol. The standard InChI is InChI=1S/C13H17ClN2O/c1-10-3-4-11(9-12(10)14)16-8-2-6-15-7-5-13(16)17/h3-4,9,15H,2,5-8H2,1H3. The third-order valence-corrected chi connectivity index (χ3v) is 3.43. The molecule has 1 N–H and O–H groups in total. The van der Waals surface area contributed by atoms with Crippen LogP contribution in [-0.4, -0.2) is 25.5 Å². The molecule has 0 atom stereocenters. The van der Waals surface area contributed by atoms with Crippen molar-refractivity contribution >= 4 is 23.2 Å². The minimum Gasteiger partial charge on any atom is -0.316 e. The number of carbonyl (C=O) groups is 1. The Morgan fingerprint density at radius 2 is 2.18 bits per heavy atom. The number of carbonyl (C=O) groups excluding carboxylic acids is 1. The molecule has 0 radical (unpaired) electrons. The van der Waals surface area contributed by atoms with E-state index in [0.717, 1.165) is 42.3 Å². The fourth-order valence-electron chi connectivity index (χ4n) is 1.96. The molecule has 1 saturated heterocycles. The largest absolute Gasteiger partial charge is 0.316 e. The summed E-state index contributed by atoms with van der Waals surface area (Å²) in [5.74, 6) is 0.164. The van der Waals surface area contributed by atoms with Crippen LogP contribution in [0.3, 0.4) is 0 Å². The zero-order chi connectivity index (χ0) is 12.3. The van der Waals surface area contributed by atoms with Crippen molar-refractivity contribution in [1.82, 2.24) is 5.32 Å². The van der Waals surface area contributed by atoms with Gasteiger partial charge in [-0.2, -0.15) is 0 Å². The zero-order valence-corrected chi connectivity index (χ0v) is 10.8. The van der Waals surface area contributed by atoms with E-state index in [1.807, 2.05) is 30.0 Å². The summed E-state index contributed by atoms with van der Waals surface area (Å²) in [5.41, 5.74) is 1.95. The molecule has 1 aliphatic heterocycles. The highest BCUT2D eigenvalue weighted by molar-refractivity contribution is 6.31. The number of nitrogens with one attached hydrogen (secondary N) is 1. The summed E-state index contributed by atoms with van der Waals surface area (Å²) in [5, 5.41) is 3.95. The molecule has 0 bridgehead atoms. The Morgan fingerprint density at radius 1 is 1.35 bits per heavy atom. The lowest BCUT2D eigenvalue weighted by Gasteiger charge is -2.25. The molecule has 1 aromatic rings. The van der Waals surface area contributed by atoms with Gasteiger partial charge in [0.15, 0.2) is 0 Å². The average Bonchev–Trinajstić information content (AvgIpc) is 2.28. The first-order chi connectivity index (χ1) is 8.18. The summed E-state index contributed by atoms with van der Waals surface area (Å²) in [6.45, 7) is 4.44. The summed E-state index contributed by atoms with van der Waals surface area (Å²) in [4.78, 5) is 13.8. The molecule has 17 heavy (non-hydrogen) atoms. The number of halogens is 1. The minimum absolute atomic E-state index is 0.164. The van der Waals surface area contributed by atoms with Crippen LogP contribution in [0.4, 0.5) is 5.69 Å². The van der Waals surface area contributed by atoms with Crippen LogP contribution in [0.1, 0.15) is 18.4 Å². The number of hydrogen-bond acceptors (Lipinski definition) is 2. The van der Waals surface area contributed by atoms with Crippen LogP contribution in [0.25, 0.3) is 0 Å². The van der Waals surface area contributed by atoms with Crippen molar-refractivity contribution in [2.24, 2.45) is 0 Å². The van der Waals surface area contributed by atoms with Gasteiger partial charge in [-0.15, -0.1) is 0 Å². The van der Waals surface area contributed by atoms with E-state index < -0.39 is 0 Å². The second-order valence-corrected chi connectivity index (χ2v) is 4.74. The van der Waals surface area contributed by atoms with Crippen molar-refractivity contribution in [3.8, 4) is 0 Å². The van der Waals surface area contributed by atoms with Crippen molar-refractivity contribution in [3.63, 3.8) is 0 Å². The highest BCUT2D eigenvalue weighted by Gasteiger charge is 2.17. The van der Waals surface area contributed by atoms with E-state index in [2.05, 4.69) is 5.32 Å². The summed E-state index contributed by atoms with van der Waals surface area (Å²) in [6.07, 6.45) is 1.52. The molecule has 1 fully saturated rings. The predicted octanol–water partition coefficient (Wildman–Crippen LogP) is 2.36. The lowest BCUT2D eigenvalue weighted by molar-refractivity contribution is -0.118. The molecule has 0 unspecified atom stereocenters. The van der Waals surface area contributed by atoms with E-state index in [9.17, 15) is 4.79 Å². The minimum atomic E-state index is 0.164. The molecular weight excluding hydrogens is 236 g/mol. The van der Waals surface area contributed by atoms with Crippen molar-refractivity contribution in [3.05, 3.63) is 28.8 Å². The monoisotopic (exact) mass is 252 g/mol. The Kier molecular flexibility index (Phi) is 4.02. The Morgan fingerprint density at radius 3 is 2.94 bits per heavy atom. The molecule has 0 spiro atoms. The van der Waals surface area contributed by atoms with E-state index in [-0.39, 0.29) is 5.91 Å². The van der Waals surface area contributed by atoms with E-state index in [4.69, 9.17) is 11.6 Å². The van der Waals surface area contributed by atoms with Crippen molar-refractivity contribution < 1.29 is 4.79 Å². The van der Waals surface area contributed by atoms with Crippen molar-refractivity contribution in [1.29, 1.82) is 0 Å². The Bertz CT molecular complexity index is 420. The summed E-state index contributed by atoms with van der Waals surface area (Å²) in [6, 6.07) is 5.81. The SMILES string of the molecule is Cc1ccc(N2CCCNCCC2=O)cc1Cl. The maximum absolute atomic E-state index is 12.0. The van der Waals surface area contributed by atoms with Crippen LogP contribution < -0.4 is 10.2 Å². The normalized spacial score (nSPS) is 17.8. The van der Waals surface area contributed by atoms with Gasteiger partial charge < -0.3 is 10.2 Å². The highest BCUT2D eigenvalue weighted by atomic mass is 35.5. The Balaban J connectivity index is 2.22. The van der Waals surface area contributed by atoms with E-state index in [1.54, 1.807) is 0 Å². The molecule has 1 amide bonds. The Labute approximate surface area is 107 Å². The third-order valence-electron chi connectivity index (χ3n) is 3.02. The summed E-state index contributed by atoms with van der Waals surface area (Å²) in [7, 11) is 0. The van der Waals surface area contributed by atoms with Gasteiger partial charge >= 0.3 is 0 Å². The van der Waals surface area contributed by atoms with E-state index in [1.165, 1.54) is 0 Å². The molecule has 1 aliphatic rings. The number of nitrogens with zero attached hydrogens (tertiary/aromatic N) is 1. The predicted molar refractivity (Wildman–Crippen MR) is 70.6 cm³/mol. The van der Waals surface area contributed by atoms with Gasteiger partial charge in [-0.25, -0.2) is 0 Å². The van der Waals surface area contributed by atoms with Crippen LogP contribution in [-0.2, 0) is 4.79 Å². The van der Waals surface area contributed by atoms with E-state index in [0.29, 0.717) is 6.42 Å². The zero-order valence-electron chi connectivity index (χ0n) is 10.0. The van der Waals surface area contributed by atoms with Gasteiger partial charge in [0.25, 0.3) is 0 Å². The van der Waals surface area contributed by atoms with Gasteiger partial charge in [0.2, 0.25) is 5.91 Å². The molecule has 0 aromatic heterocycles. The first-order valence-electron chi connectivity index (χ1n) is 5.96. The lowest BCUT2D eigenvalue weighted by Crippen LogP contribution is -2.38. The molecule has 0 saturated carbocycles. The molecule has 3 nitrogen and oxygen atoms in total. The summed E-state index contributed by atoms with van der Waals surface area (Å²) >= 11 is 6.10. The van der Waals surface area contributed by atoms with Crippen molar-refractivity contribution in [2.45, 2.75) is 19.8 Å². The molecule has 2 rings (SSSR count). The molecular formula is C13H17ClN2O. The van der Waals surface area contributed by atoms with Gasteiger partial charge in [-0.05, 0) is 37.6 Å². The quantitative estimate of drug-likeness (QED) is 0.832. The molecule has 1 aromatic carbocycles.